The van der Waals surface area contributed by atoms with Crippen LogP contribution in [0, 0.1) is 13.8 Å². The van der Waals surface area contributed by atoms with E-state index in [4.69, 9.17) is 14.9 Å². The maximum absolute atomic E-state index is 12.0. The topological polar surface area (TPSA) is 90.4 Å². The third-order valence-corrected chi connectivity index (χ3v) is 2.62. The first-order chi connectivity index (χ1) is 9.01. The summed E-state index contributed by atoms with van der Waals surface area (Å²) in [5, 5.41) is 2.68. The van der Waals surface area contributed by atoms with Crippen molar-refractivity contribution in [1.29, 1.82) is 0 Å². The van der Waals surface area contributed by atoms with E-state index >= 15 is 0 Å². The van der Waals surface area contributed by atoms with Gasteiger partial charge >= 0.3 is 0 Å². The Balaban J connectivity index is 2.22. The maximum atomic E-state index is 12.0. The van der Waals surface area contributed by atoms with E-state index in [2.05, 4.69) is 10.3 Å². The number of nitrogens with two attached hydrogens (primary N) is 1. The van der Waals surface area contributed by atoms with Crippen LogP contribution in [0.2, 0.25) is 0 Å². The summed E-state index contributed by atoms with van der Waals surface area (Å²) in [7, 11) is 1.55. The fourth-order valence-electron chi connectivity index (χ4n) is 1.70. The predicted molar refractivity (Wildman–Crippen MR) is 71.3 cm³/mol. The number of nitrogens with one attached hydrogen (secondary N) is 1. The van der Waals surface area contributed by atoms with E-state index in [0.29, 0.717) is 28.7 Å². The Morgan fingerprint density at radius 3 is 2.68 bits per heavy atom. The molecule has 0 radical (unpaired) electrons. The molecule has 0 spiro atoms. The minimum absolute atomic E-state index is 0.188. The van der Waals surface area contributed by atoms with Crippen LogP contribution in [0.5, 0.6) is 5.75 Å². The van der Waals surface area contributed by atoms with Crippen molar-refractivity contribution >= 4 is 17.3 Å². The Morgan fingerprint density at radius 1 is 1.42 bits per heavy atom. The molecule has 0 fully saturated rings. The second-order valence-corrected chi connectivity index (χ2v) is 4.05. The number of amides is 1. The number of hydrogen-bond acceptors (Lipinski definition) is 5. The van der Waals surface area contributed by atoms with Crippen molar-refractivity contribution in [2.24, 2.45) is 0 Å². The molecule has 0 aliphatic heterocycles. The van der Waals surface area contributed by atoms with E-state index in [1.54, 1.807) is 39.2 Å². The van der Waals surface area contributed by atoms with Crippen LogP contribution in [-0.2, 0) is 0 Å². The van der Waals surface area contributed by atoms with Gasteiger partial charge in [-0.2, -0.15) is 0 Å². The number of rotatable bonds is 3. The first-order valence-electron chi connectivity index (χ1n) is 5.70. The number of carbonyl (C=O) groups is 1. The zero-order valence-electron chi connectivity index (χ0n) is 11.0. The lowest BCUT2D eigenvalue weighted by molar-refractivity contribution is 0.0994. The number of nitrogens with zero attached hydrogens (tertiary/aromatic N) is 1. The van der Waals surface area contributed by atoms with Gasteiger partial charge < -0.3 is 20.2 Å². The van der Waals surface area contributed by atoms with Crippen molar-refractivity contribution in [3.63, 3.8) is 0 Å². The number of aryl methyl sites for hydroxylation is 2. The van der Waals surface area contributed by atoms with Gasteiger partial charge in [-0.25, -0.2) is 4.98 Å². The van der Waals surface area contributed by atoms with Crippen molar-refractivity contribution < 1.29 is 13.9 Å². The molecule has 2 rings (SSSR count). The third-order valence-electron chi connectivity index (χ3n) is 2.62. The highest BCUT2D eigenvalue weighted by atomic mass is 16.5. The van der Waals surface area contributed by atoms with Gasteiger partial charge in [0, 0.05) is 13.0 Å². The van der Waals surface area contributed by atoms with Gasteiger partial charge in [-0.05, 0) is 19.1 Å². The Morgan fingerprint density at radius 2 is 2.16 bits per heavy atom. The number of hydrogen-bond donors (Lipinski definition) is 2. The third kappa shape index (κ3) is 2.67. The molecule has 2 aromatic rings. The Hall–Kier alpha value is -2.50. The predicted octanol–water partition coefficient (Wildman–Crippen LogP) is 2.13. The highest BCUT2D eigenvalue weighted by molar-refractivity contribution is 6.04. The number of oxazole rings is 1. The quantitative estimate of drug-likeness (QED) is 0.826. The average Bonchev–Trinajstić information content (AvgIpc) is 2.71. The van der Waals surface area contributed by atoms with Crippen LogP contribution in [0.25, 0.3) is 0 Å². The largest absolute Gasteiger partial charge is 0.497 e. The summed E-state index contributed by atoms with van der Waals surface area (Å²) < 4.78 is 10.3. The van der Waals surface area contributed by atoms with Crippen LogP contribution < -0.4 is 15.8 Å². The fourth-order valence-corrected chi connectivity index (χ4v) is 1.70. The zero-order chi connectivity index (χ0) is 14.0. The van der Waals surface area contributed by atoms with Crippen LogP contribution in [0.1, 0.15) is 22.1 Å². The lowest BCUT2D eigenvalue weighted by Crippen LogP contribution is -2.13. The molecular weight excluding hydrogens is 246 g/mol. The Labute approximate surface area is 110 Å². The van der Waals surface area contributed by atoms with E-state index in [1.807, 2.05) is 0 Å². The van der Waals surface area contributed by atoms with Crippen molar-refractivity contribution in [3.8, 4) is 5.75 Å². The van der Waals surface area contributed by atoms with E-state index < -0.39 is 0 Å². The molecule has 1 aromatic carbocycles. The molecule has 1 amide bonds. The van der Waals surface area contributed by atoms with Gasteiger partial charge in [-0.1, -0.05) is 0 Å². The van der Waals surface area contributed by atoms with Crippen molar-refractivity contribution in [2.75, 3.05) is 18.2 Å². The molecule has 0 atom stereocenters. The molecule has 3 N–H and O–H groups in total. The van der Waals surface area contributed by atoms with Crippen molar-refractivity contribution in [1.82, 2.24) is 4.98 Å². The van der Waals surface area contributed by atoms with Gasteiger partial charge in [0.15, 0.2) is 5.89 Å². The molecule has 0 saturated heterocycles. The van der Waals surface area contributed by atoms with Crippen molar-refractivity contribution in [3.05, 3.63) is 35.5 Å². The normalized spacial score (nSPS) is 10.3. The van der Waals surface area contributed by atoms with Gasteiger partial charge in [0.1, 0.15) is 5.75 Å². The number of benzene rings is 1. The Bertz CT molecular complexity index is 620. The van der Waals surface area contributed by atoms with Gasteiger partial charge in [-0.3, -0.25) is 4.79 Å². The highest BCUT2D eigenvalue weighted by Gasteiger charge is 2.16. The minimum atomic E-state index is -0.380. The number of carbonyl (C=O) groups excluding carboxylic acids is 1. The molecule has 0 bridgehead atoms. The molecule has 100 valence electrons. The van der Waals surface area contributed by atoms with E-state index in [0.717, 1.165) is 0 Å². The summed E-state index contributed by atoms with van der Waals surface area (Å²) in [6, 6.07) is 5.02. The van der Waals surface area contributed by atoms with Crippen LogP contribution in [0.4, 0.5) is 11.4 Å². The molecule has 1 heterocycles. The van der Waals surface area contributed by atoms with Gasteiger partial charge in [0.05, 0.1) is 24.2 Å². The van der Waals surface area contributed by atoms with Crippen LogP contribution >= 0.6 is 0 Å². The lowest BCUT2D eigenvalue weighted by Gasteiger charge is -2.08. The maximum Gasteiger partial charge on any atom is 0.293 e. The van der Waals surface area contributed by atoms with Gasteiger partial charge in [-0.15, -0.1) is 0 Å². The molecule has 0 aliphatic carbocycles. The summed E-state index contributed by atoms with van der Waals surface area (Å²) in [5.41, 5.74) is 7.29. The monoisotopic (exact) mass is 261 g/mol. The molecule has 0 aliphatic rings. The minimum Gasteiger partial charge on any atom is -0.497 e. The molecule has 0 unspecified atom stereocenters. The molecule has 0 saturated carbocycles. The summed E-state index contributed by atoms with van der Waals surface area (Å²) in [6.07, 6.45) is 0. The first-order valence-corrected chi connectivity index (χ1v) is 5.70. The summed E-state index contributed by atoms with van der Waals surface area (Å²) in [4.78, 5) is 16.1. The van der Waals surface area contributed by atoms with Gasteiger partial charge in [0.25, 0.3) is 5.91 Å². The first kappa shape index (κ1) is 12.9. The van der Waals surface area contributed by atoms with E-state index in [-0.39, 0.29) is 11.7 Å². The average molecular weight is 261 g/mol. The van der Waals surface area contributed by atoms with Gasteiger partial charge in [0.2, 0.25) is 5.76 Å². The highest BCUT2D eigenvalue weighted by Crippen LogP contribution is 2.24. The van der Waals surface area contributed by atoms with E-state index in [1.165, 1.54) is 0 Å². The molecule has 1 aromatic heterocycles. The second-order valence-electron chi connectivity index (χ2n) is 4.05. The number of aromatic nitrogens is 1. The van der Waals surface area contributed by atoms with Crippen LogP contribution in [0.15, 0.2) is 22.6 Å². The van der Waals surface area contributed by atoms with E-state index in [9.17, 15) is 4.79 Å². The van der Waals surface area contributed by atoms with Crippen LogP contribution in [-0.4, -0.2) is 18.0 Å². The molecule has 19 heavy (non-hydrogen) atoms. The SMILES string of the molecule is COc1ccc(NC(=O)c2oc(C)nc2C)c(N)c1. The molecule has 6 nitrogen and oxygen atoms in total. The second kappa shape index (κ2) is 5.01. The molecule has 6 heteroatoms. The summed E-state index contributed by atoms with van der Waals surface area (Å²) >= 11 is 0. The summed E-state index contributed by atoms with van der Waals surface area (Å²) in [5.74, 6) is 0.884. The fraction of sp³-hybridized carbons (Fsp3) is 0.231. The molecular formula is C13H15N3O3. The standard InChI is InChI=1S/C13H15N3O3/c1-7-12(19-8(2)15-7)13(17)16-11-5-4-9(18-3)6-10(11)14/h4-6H,14H2,1-3H3,(H,16,17). The zero-order valence-corrected chi connectivity index (χ0v) is 11.0. The Kier molecular flexibility index (Phi) is 3.41. The number of ether oxygens (including phenoxy) is 1. The number of methoxy groups -OCH3 is 1. The number of anilines is 2. The summed E-state index contributed by atoms with van der Waals surface area (Å²) in [6.45, 7) is 3.40. The number of nitrogen functional groups attached to an aromatic ring is 1. The van der Waals surface area contributed by atoms with Crippen LogP contribution in [0.3, 0.4) is 0 Å². The van der Waals surface area contributed by atoms with Crippen molar-refractivity contribution in [2.45, 2.75) is 13.8 Å². The lowest BCUT2D eigenvalue weighted by atomic mass is 10.2. The smallest absolute Gasteiger partial charge is 0.293 e.